The number of hydrogen-bond acceptors (Lipinski definition) is 2. The van der Waals surface area contributed by atoms with Crippen LogP contribution in [0.5, 0.6) is 0 Å². The maximum atomic E-state index is 7.51. The molecule has 0 aromatic heterocycles. The van der Waals surface area contributed by atoms with Crippen LogP contribution in [0.25, 0.3) is 17.2 Å². The number of fused-ring (bicyclic) bond motifs is 6. The fourth-order valence-electron chi connectivity index (χ4n) is 5.02. The van der Waals surface area contributed by atoms with E-state index in [4.69, 9.17) is 31.1 Å². The van der Waals surface area contributed by atoms with E-state index in [1.807, 2.05) is 18.2 Å². The van der Waals surface area contributed by atoms with Crippen molar-refractivity contribution in [3.05, 3.63) is 99.2 Å². The fraction of sp³-hybridized carbons (Fsp3) is 0.0833. The van der Waals surface area contributed by atoms with Gasteiger partial charge < -0.3 is 0 Å². The Morgan fingerprint density at radius 1 is 0.900 bits per heavy atom. The first-order chi connectivity index (χ1) is 14.3. The Kier molecular flexibility index (Phi) is 4.39. The van der Waals surface area contributed by atoms with Crippen LogP contribution in [0.4, 0.5) is 0 Å². The molecule has 1 heterocycles. The monoisotopic (exact) mass is 591 g/mol. The van der Waals surface area contributed by atoms with Crippen molar-refractivity contribution in [2.75, 3.05) is 0 Å². The molecule has 1 nitrogen and oxygen atoms in total. The van der Waals surface area contributed by atoms with Crippen molar-refractivity contribution in [1.82, 2.24) is 0 Å². The van der Waals surface area contributed by atoms with Gasteiger partial charge in [0.2, 0.25) is 0 Å². The Morgan fingerprint density at radius 3 is 2.50 bits per heavy atom. The summed E-state index contributed by atoms with van der Waals surface area (Å²) in [4.78, 5) is 0. The minimum absolute atomic E-state index is 0.183. The van der Waals surface area contributed by atoms with Crippen LogP contribution >= 0.6 is 42.3 Å². The van der Waals surface area contributed by atoms with Crippen LogP contribution < -0.4 is 6.54 Å². The van der Waals surface area contributed by atoms with Gasteiger partial charge in [-0.3, -0.25) is 0 Å². The Labute approximate surface area is 195 Å². The minimum atomic E-state index is -4.92. The van der Waals surface area contributed by atoms with E-state index >= 15 is 0 Å². The van der Waals surface area contributed by atoms with Gasteiger partial charge in [0.1, 0.15) is 0 Å². The molecule has 30 heavy (non-hydrogen) atoms. The summed E-state index contributed by atoms with van der Waals surface area (Å²) in [6.45, 7) is 0. The third kappa shape index (κ3) is 2.77. The molecule has 0 amide bonds. The molecule has 6 rings (SSSR count). The summed E-state index contributed by atoms with van der Waals surface area (Å²) in [7, 11) is 20.2. The SMILES string of the molecule is [SH][Zr]([Cl])([Cl])([c]1cccc2c1Cc1ccccc1-2)[c]1cccc2c1C1OC(Br)=CC1=C2. The predicted molar refractivity (Wildman–Crippen MR) is 130 cm³/mol. The number of rotatable bonds is 2. The van der Waals surface area contributed by atoms with Crippen LogP contribution in [0, 0.1) is 0 Å². The number of thiol groups is 1. The summed E-state index contributed by atoms with van der Waals surface area (Å²) >= 11 is -1.45. The molecular formula is C24H16BrCl2OSZr. The average Bonchev–Trinajstić information content (AvgIpc) is 3.36. The molecule has 1 aliphatic heterocycles. The summed E-state index contributed by atoms with van der Waals surface area (Å²) in [5, 5.41) is 0. The van der Waals surface area contributed by atoms with Crippen LogP contribution in [0.2, 0.25) is 0 Å². The van der Waals surface area contributed by atoms with Crippen LogP contribution in [-0.4, -0.2) is 0 Å². The van der Waals surface area contributed by atoms with Gasteiger partial charge in [-0.15, -0.1) is 0 Å². The third-order valence-electron chi connectivity index (χ3n) is 6.31. The fourth-order valence-corrected chi connectivity index (χ4v) is 18.1. The molecule has 0 spiro atoms. The van der Waals surface area contributed by atoms with E-state index in [0.717, 1.165) is 34.3 Å². The second kappa shape index (κ2) is 6.62. The van der Waals surface area contributed by atoms with Gasteiger partial charge in [-0.05, 0) is 0 Å². The van der Waals surface area contributed by atoms with Gasteiger partial charge in [-0.2, -0.15) is 0 Å². The van der Waals surface area contributed by atoms with Gasteiger partial charge in [0.15, 0.2) is 0 Å². The molecule has 0 bridgehead atoms. The first kappa shape index (κ1) is 19.9. The summed E-state index contributed by atoms with van der Waals surface area (Å²) in [6, 6.07) is 21.0. The van der Waals surface area contributed by atoms with Gasteiger partial charge in [0.25, 0.3) is 0 Å². The molecule has 1 atom stereocenters. The first-order valence-corrected chi connectivity index (χ1v) is 23.1. The van der Waals surface area contributed by atoms with Crippen molar-refractivity contribution in [2.45, 2.75) is 12.5 Å². The van der Waals surface area contributed by atoms with E-state index in [0.29, 0.717) is 0 Å². The zero-order valence-electron chi connectivity index (χ0n) is 15.7. The van der Waals surface area contributed by atoms with Gasteiger partial charge in [-0.25, -0.2) is 0 Å². The molecule has 0 fully saturated rings. The van der Waals surface area contributed by atoms with E-state index in [2.05, 4.69) is 70.5 Å². The van der Waals surface area contributed by atoms with Crippen LogP contribution in [0.3, 0.4) is 0 Å². The van der Waals surface area contributed by atoms with Gasteiger partial charge >= 0.3 is 198 Å². The second-order valence-electron chi connectivity index (χ2n) is 8.03. The Hall–Kier alpha value is -0.767. The topological polar surface area (TPSA) is 9.23 Å². The van der Waals surface area contributed by atoms with Gasteiger partial charge in [0, 0.05) is 0 Å². The molecule has 0 N–H and O–H groups in total. The van der Waals surface area contributed by atoms with Crippen molar-refractivity contribution in [3.8, 4) is 11.1 Å². The van der Waals surface area contributed by atoms with Crippen molar-refractivity contribution in [3.63, 3.8) is 0 Å². The van der Waals surface area contributed by atoms with E-state index in [1.165, 1.54) is 22.3 Å². The van der Waals surface area contributed by atoms with E-state index in [9.17, 15) is 0 Å². The summed E-state index contributed by atoms with van der Waals surface area (Å²) in [6.07, 6.45) is 4.81. The molecule has 3 aliphatic rings. The van der Waals surface area contributed by atoms with Gasteiger partial charge in [0.05, 0.1) is 0 Å². The Morgan fingerprint density at radius 2 is 1.63 bits per heavy atom. The summed E-state index contributed by atoms with van der Waals surface area (Å²) < 4.78 is 8.74. The molecule has 6 heteroatoms. The van der Waals surface area contributed by atoms with Crippen LogP contribution in [0.15, 0.2) is 77.0 Å². The second-order valence-corrected chi connectivity index (χ2v) is 34.7. The van der Waals surface area contributed by atoms with Crippen molar-refractivity contribution in [1.29, 1.82) is 0 Å². The first-order valence-electron chi connectivity index (χ1n) is 9.73. The van der Waals surface area contributed by atoms with Gasteiger partial charge in [-0.1, -0.05) is 0 Å². The Balaban J connectivity index is 1.56. The number of ether oxygens (including phenoxy) is 1. The maximum absolute atomic E-state index is 7.51. The predicted octanol–water partition coefficient (Wildman–Crippen LogP) is 6.76. The standard InChI is InChI=1S/C13H9.C11H6BrO.2ClH.H2S.Zr/c1-3-7-12-10(5-1)9-11-6-2-4-8-13(11)12;12-10-6-8-5-7-3-1-2-4-9(7)11(8)13-10;;;;/h1-5,7-8H,9H2;1-3,5-6,11H;2*1H;1H2;/q;;;;;+3/p-3. The zero-order chi connectivity index (χ0) is 20.7. The third-order valence-corrected chi connectivity index (χ3v) is 21.1. The van der Waals surface area contributed by atoms with Crippen LogP contribution in [0.1, 0.15) is 28.4 Å². The summed E-state index contributed by atoms with van der Waals surface area (Å²) in [5.74, 6) is 0. The molecule has 0 radical (unpaired) electrons. The molecule has 149 valence electrons. The number of hydrogen-bond donors (Lipinski definition) is 1. The number of benzene rings is 3. The molecule has 0 saturated heterocycles. The zero-order valence-corrected chi connectivity index (χ0v) is 22.2. The molecule has 1 unspecified atom stereocenters. The molecule has 3 aromatic carbocycles. The summed E-state index contributed by atoms with van der Waals surface area (Å²) in [5.41, 5.74) is 8.26. The van der Waals surface area contributed by atoms with E-state index in [-0.39, 0.29) is 6.10 Å². The Bertz CT molecular complexity index is 1320. The van der Waals surface area contributed by atoms with Crippen molar-refractivity contribution < 1.29 is 19.7 Å². The normalized spacial score (nSPS) is 19.6. The quantitative estimate of drug-likeness (QED) is 0.253. The van der Waals surface area contributed by atoms with E-state index < -0.39 is 14.9 Å². The molecule has 0 saturated carbocycles. The average molecular weight is 594 g/mol. The van der Waals surface area contributed by atoms with Crippen molar-refractivity contribution >= 4 is 55.0 Å². The van der Waals surface area contributed by atoms with E-state index in [1.54, 1.807) is 0 Å². The van der Waals surface area contributed by atoms with Crippen LogP contribution in [-0.2, 0) is 26.1 Å². The van der Waals surface area contributed by atoms with Crippen molar-refractivity contribution in [2.24, 2.45) is 0 Å². The molecule has 2 aliphatic carbocycles. The molecular weight excluding hydrogens is 578 g/mol. The number of halogens is 3. The molecule has 3 aromatic rings.